The summed E-state index contributed by atoms with van der Waals surface area (Å²) in [6.07, 6.45) is 2.55. The molecule has 1 fully saturated rings. The fourth-order valence-corrected chi connectivity index (χ4v) is 4.03. The minimum absolute atomic E-state index is 0.0123. The number of pyridine rings is 1. The third-order valence-electron chi connectivity index (χ3n) is 6.12. The van der Waals surface area contributed by atoms with Crippen LogP contribution in [-0.2, 0) is 28.7 Å². The summed E-state index contributed by atoms with van der Waals surface area (Å²) in [4.78, 5) is 78.5. The van der Waals surface area contributed by atoms with Gasteiger partial charge >= 0.3 is 11.9 Å². The van der Waals surface area contributed by atoms with E-state index in [9.17, 15) is 28.8 Å². The van der Waals surface area contributed by atoms with E-state index in [4.69, 9.17) is 4.74 Å². The molecule has 13 nitrogen and oxygen atoms in total. The molecule has 40 heavy (non-hydrogen) atoms. The van der Waals surface area contributed by atoms with Crippen molar-refractivity contribution in [3.8, 4) is 0 Å². The predicted molar refractivity (Wildman–Crippen MR) is 143 cm³/mol. The van der Waals surface area contributed by atoms with Crippen LogP contribution in [-0.4, -0.2) is 84.3 Å². The fraction of sp³-hybridized carbons (Fsp3) is 0.593. The van der Waals surface area contributed by atoms with Crippen LogP contribution in [0.25, 0.3) is 0 Å². The molecule has 1 saturated heterocycles. The van der Waals surface area contributed by atoms with E-state index in [-0.39, 0.29) is 47.9 Å². The number of amides is 3. The first-order valence-corrected chi connectivity index (χ1v) is 13.3. The highest BCUT2D eigenvalue weighted by atomic mass is 16.5. The number of aromatic nitrogens is 1. The lowest BCUT2D eigenvalue weighted by molar-refractivity contribution is -0.147. The number of Topliss-reactive ketones (excluding diaryl/α,β-unsaturated/α-hetero) is 1. The fourth-order valence-electron chi connectivity index (χ4n) is 4.03. The van der Waals surface area contributed by atoms with Crippen molar-refractivity contribution in [3.63, 3.8) is 0 Å². The van der Waals surface area contributed by atoms with Gasteiger partial charge < -0.3 is 20.1 Å². The molecule has 1 aliphatic heterocycles. The van der Waals surface area contributed by atoms with Crippen molar-refractivity contribution >= 4 is 35.4 Å². The highest BCUT2D eigenvalue weighted by Gasteiger charge is 2.35. The summed E-state index contributed by atoms with van der Waals surface area (Å²) in [5.41, 5.74) is 2.99. The topological polar surface area (TPSA) is 173 Å². The number of nitrogens with one attached hydrogen (secondary N) is 3. The number of nitrogens with zero attached hydrogens (tertiary/aromatic N) is 2. The van der Waals surface area contributed by atoms with Gasteiger partial charge in [0.1, 0.15) is 11.7 Å². The van der Waals surface area contributed by atoms with E-state index < -0.39 is 42.3 Å². The van der Waals surface area contributed by atoms with Gasteiger partial charge in [-0.25, -0.2) is 20.0 Å². The molecule has 2 atom stereocenters. The Labute approximate surface area is 233 Å². The molecule has 2 heterocycles. The SMILES string of the molecule is COC(=O)c1ccc(C(=O)OCC(=O)[C@H](NC(=O)[C@@H]2CCCNN2C(=O)CCNC(=O)CC(C)C)C(C)C)cn1. The summed E-state index contributed by atoms with van der Waals surface area (Å²) >= 11 is 0. The first-order chi connectivity index (χ1) is 18.9. The molecule has 0 aliphatic carbocycles. The van der Waals surface area contributed by atoms with Crippen molar-refractivity contribution in [3.05, 3.63) is 29.6 Å². The predicted octanol–water partition coefficient (Wildman–Crippen LogP) is 0.783. The lowest BCUT2D eigenvalue weighted by Gasteiger charge is -2.36. The van der Waals surface area contributed by atoms with Gasteiger partial charge in [0.2, 0.25) is 17.7 Å². The van der Waals surface area contributed by atoms with Gasteiger partial charge in [0, 0.05) is 32.1 Å². The Hall–Kier alpha value is -3.87. The zero-order valence-electron chi connectivity index (χ0n) is 23.7. The normalized spacial score (nSPS) is 15.8. The number of esters is 2. The van der Waals surface area contributed by atoms with Gasteiger partial charge in [0.25, 0.3) is 0 Å². The lowest BCUT2D eigenvalue weighted by Crippen LogP contribution is -2.61. The number of hydrazine groups is 1. The number of carbonyl (C=O) groups excluding carboxylic acids is 6. The quantitative estimate of drug-likeness (QED) is 0.292. The van der Waals surface area contributed by atoms with E-state index in [1.165, 1.54) is 24.3 Å². The number of rotatable bonds is 13. The average molecular weight is 562 g/mol. The van der Waals surface area contributed by atoms with Crippen molar-refractivity contribution in [2.45, 2.75) is 65.5 Å². The van der Waals surface area contributed by atoms with Crippen molar-refractivity contribution in [1.29, 1.82) is 0 Å². The van der Waals surface area contributed by atoms with Gasteiger partial charge in [0.05, 0.1) is 18.7 Å². The van der Waals surface area contributed by atoms with E-state index in [1.807, 2.05) is 13.8 Å². The Kier molecular flexibility index (Phi) is 12.7. The molecule has 0 spiro atoms. The Morgan fingerprint density at radius 3 is 2.42 bits per heavy atom. The molecule has 220 valence electrons. The molecule has 0 aromatic carbocycles. The maximum atomic E-state index is 13.2. The van der Waals surface area contributed by atoms with Gasteiger partial charge in [-0.1, -0.05) is 27.7 Å². The Morgan fingerprint density at radius 2 is 1.82 bits per heavy atom. The van der Waals surface area contributed by atoms with E-state index in [0.717, 1.165) is 6.20 Å². The van der Waals surface area contributed by atoms with Crippen molar-refractivity contribution in [2.75, 3.05) is 26.8 Å². The summed E-state index contributed by atoms with van der Waals surface area (Å²) in [6, 6.07) is 0.815. The summed E-state index contributed by atoms with van der Waals surface area (Å²) in [7, 11) is 1.21. The zero-order chi connectivity index (χ0) is 29.8. The standard InChI is InChI=1S/C27H39N5O8/c1-16(2)13-22(34)28-12-10-23(35)32-20(7-6-11-30-32)25(36)31-24(17(3)4)21(33)15-40-26(37)18-8-9-19(29-14-18)27(38)39-5/h8-9,14,16-17,20,24,30H,6-7,10-13,15H2,1-5H3,(H,28,34)(H,31,36)/t20-,24+/m0/s1. The molecule has 13 heteroatoms. The van der Waals surface area contributed by atoms with E-state index >= 15 is 0 Å². The van der Waals surface area contributed by atoms with Gasteiger partial charge in [-0.05, 0) is 36.8 Å². The average Bonchev–Trinajstić information content (AvgIpc) is 2.93. The maximum absolute atomic E-state index is 13.2. The third-order valence-corrected chi connectivity index (χ3v) is 6.12. The van der Waals surface area contributed by atoms with Crippen LogP contribution in [0.2, 0.25) is 0 Å². The van der Waals surface area contributed by atoms with Crippen LogP contribution in [0.5, 0.6) is 0 Å². The van der Waals surface area contributed by atoms with Crippen LogP contribution in [0, 0.1) is 11.8 Å². The van der Waals surface area contributed by atoms with Gasteiger partial charge in [-0.3, -0.25) is 24.2 Å². The molecule has 0 saturated carbocycles. The van der Waals surface area contributed by atoms with Gasteiger partial charge in [-0.2, -0.15) is 0 Å². The van der Waals surface area contributed by atoms with Gasteiger partial charge in [0.15, 0.2) is 12.4 Å². The summed E-state index contributed by atoms with van der Waals surface area (Å²) in [5, 5.41) is 6.68. The minimum atomic E-state index is -0.964. The Bertz CT molecular complexity index is 1070. The number of carbonyl (C=O) groups is 6. The van der Waals surface area contributed by atoms with Gasteiger partial charge in [-0.15, -0.1) is 0 Å². The van der Waals surface area contributed by atoms with Crippen molar-refractivity contribution in [2.24, 2.45) is 11.8 Å². The Balaban J connectivity index is 1.95. The van der Waals surface area contributed by atoms with Crippen molar-refractivity contribution in [1.82, 2.24) is 26.1 Å². The highest BCUT2D eigenvalue weighted by molar-refractivity contribution is 5.96. The van der Waals surface area contributed by atoms with Crippen LogP contribution < -0.4 is 16.1 Å². The summed E-state index contributed by atoms with van der Waals surface area (Å²) in [6.45, 7) is 7.39. The van der Waals surface area contributed by atoms with Crippen molar-refractivity contribution < 1.29 is 38.2 Å². The number of hydrogen-bond donors (Lipinski definition) is 3. The molecule has 1 aromatic rings. The summed E-state index contributed by atoms with van der Waals surface area (Å²) < 4.78 is 9.67. The molecule has 0 unspecified atom stereocenters. The largest absolute Gasteiger partial charge is 0.464 e. The van der Waals surface area contributed by atoms with Crippen LogP contribution in [0.4, 0.5) is 0 Å². The van der Waals surface area contributed by atoms with Crippen LogP contribution in [0.15, 0.2) is 18.3 Å². The number of ether oxygens (including phenoxy) is 2. The second kappa shape index (κ2) is 15.7. The van der Waals surface area contributed by atoms with E-state index in [0.29, 0.717) is 25.8 Å². The second-order valence-electron chi connectivity index (χ2n) is 10.2. The minimum Gasteiger partial charge on any atom is -0.464 e. The molecule has 1 aromatic heterocycles. The molecule has 0 bridgehead atoms. The monoisotopic (exact) mass is 561 g/mol. The molecule has 3 N–H and O–H groups in total. The smallest absolute Gasteiger partial charge is 0.356 e. The lowest BCUT2D eigenvalue weighted by atomic mass is 9.98. The molecule has 0 radical (unpaired) electrons. The van der Waals surface area contributed by atoms with E-state index in [1.54, 1.807) is 13.8 Å². The first-order valence-electron chi connectivity index (χ1n) is 13.3. The number of hydrogen-bond acceptors (Lipinski definition) is 10. The highest BCUT2D eigenvalue weighted by Crippen LogP contribution is 2.14. The zero-order valence-corrected chi connectivity index (χ0v) is 23.7. The Morgan fingerprint density at radius 1 is 1.10 bits per heavy atom. The second-order valence-corrected chi connectivity index (χ2v) is 10.2. The molecule has 2 rings (SSSR count). The first kappa shape index (κ1) is 32.3. The molecule has 1 aliphatic rings. The maximum Gasteiger partial charge on any atom is 0.356 e. The molecular formula is C27H39N5O8. The molecular weight excluding hydrogens is 522 g/mol. The molecule has 3 amide bonds. The van der Waals surface area contributed by atoms with Crippen LogP contribution in [0.3, 0.4) is 0 Å². The number of methoxy groups -OCH3 is 1. The van der Waals surface area contributed by atoms with Crippen LogP contribution in [0.1, 0.15) is 74.2 Å². The summed E-state index contributed by atoms with van der Waals surface area (Å²) in [5.74, 6) is -3.13. The van der Waals surface area contributed by atoms with E-state index in [2.05, 4.69) is 25.8 Å². The number of ketones is 1. The third kappa shape index (κ3) is 9.70. The van der Waals surface area contributed by atoms with Crippen LogP contribution >= 0.6 is 0 Å².